The zero-order chi connectivity index (χ0) is 27.0. The van der Waals surface area contributed by atoms with Gasteiger partial charge in [0.15, 0.2) is 15.5 Å². The molecule has 3 heterocycles. The van der Waals surface area contributed by atoms with E-state index in [1.54, 1.807) is 36.8 Å². The fourth-order valence-electron chi connectivity index (χ4n) is 5.01. The quantitative estimate of drug-likeness (QED) is 0.284. The maximum absolute atomic E-state index is 12.0. The molecule has 1 aliphatic rings. The minimum atomic E-state index is -3.26. The van der Waals surface area contributed by atoms with Gasteiger partial charge in [0.1, 0.15) is 12.1 Å². The Bertz CT molecular complexity index is 1830. The van der Waals surface area contributed by atoms with Crippen LogP contribution in [0, 0.1) is 6.57 Å². The van der Waals surface area contributed by atoms with Crippen LogP contribution in [0.25, 0.3) is 38.1 Å². The Hall–Kier alpha value is -4.75. The maximum Gasteiger partial charge on any atom is 0.187 e. The zero-order valence-electron chi connectivity index (χ0n) is 21.2. The summed E-state index contributed by atoms with van der Waals surface area (Å²) < 4.78 is 24.0. The summed E-state index contributed by atoms with van der Waals surface area (Å²) in [6.45, 7) is 10.3. The third kappa shape index (κ3) is 5.11. The van der Waals surface area contributed by atoms with Crippen LogP contribution in [0.3, 0.4) is 0 Å². The lowest BCUT2D eigenvalue weighted by molar-refractivity contribution is 0.601. The molecule has 3 aromatic carbocycles. The number of hydrogen-bond acceptors (Lipinski definition) is 7. The van der Waals surface area contributed by atoms with Crippen LogP contribution in [0.1, 0.15) is 7.43 Å². The Morgan fingerprint density at radius 3 is 2.45 bits per heavy atom. The Morgan fingerprint density at radius 2 is 1.68 bits per heavy atom. The van der Waals surface area contributed by atoms with E-state index in [9.17, 15) is 8.42 Å². The lowest BCUT2D eigenvalue weighted by Gasteiger charge is -2.37. The smallest absolute Gasteiger partial charge is 0.187 e. The van der Waals surface area contributed by atoms with Gasteiger partial charge in [0.25, 0.3) is 0 Å². The molecule has 0 saturated carbocycles. The predicted octanol–water partition coefficient (Wildman–Crippen LogP) is 5.60. The van der Waals surface area contributed by atoms with Crippen molar-refractivity contribution in [3.8, 4) is 22.4 Å². The molecule has 1 aliphatic heterocycles. The van der Waals surface area contributed by atoms with Gasteiger partial charge in [-0.05, 0) is 47.5 Å². The molecule has 5 aromatic rings. The monoisotopic (exact) mass is 551 g/mol. The largest absolute Gasteiger partial charge is 0.368 e. The number of nitrogens with zero attached hydrogens (tertiary/aromatic N) is 6. The lowest BCUT2D eigenvalue weighted by Crippen LogP contribution is -2.47. The molecule has 40 heavy (non-hydrogen) atoms. The molecule has 9 nitrogen and oxygen atoms in total. The van der Waals surface area contributed by atoms with Gasteiger partial charge in [0.05, 0.1) is 28.9 Å². The van der Waals surface area contributed by atoms with E-state index in [1.807, 2.05) is 36.4 Å². The van der Waals surface area contributed by atoms with E-state index in [-0.39, 0.29) is 7.43 Å². The van der Waals surface area contributed by atoms with Crippen LogP contribution in [0.5, 0.6) is 0 Å². The van der Waals surface area contributed by atoms with Crippen LogP contribution in [-0.2, 0) is 9.84 Å². The molecular formula is C30H29N7O2S. The molecule has 0 unspecified atom stereocenters. The highest BCUT2D eigenvalue weighted by Crippen LogP contribution is 2.35. The minimum Gasteiger partial charge on any atom is -0.368 e. The van der Waals surface area contributed by atoms with Crippen LogP contribution in [0.4, 0.5) is 17.2 Å². The molecule has 202 valence electrons. The van der Waals surface area contributed by atoms with Crippen molar-refractivity contribution in [2.24, 2.45) is 0 Å². The molecular weight excluding hydrogens is 522 g/mol. The highest BCUT2D eigenvalue weighted by atomic mass is 32.2. The number of fused-ring (bicyclic) bond motifs is 1. The van der Waals surface area contributed by atoms with E-state index in [0.717, 1.165) is 71.0 Å². The number of nitrogens with one attached hydrogen (secondary N) is 1. The molecule has 1 N–H and O–H groups in total. The lowest BCUT2D eigenvalue weighted by atomic mass is 10.00. The van der Waals surface area contributed by atoms with E-state index in [0.29, 0.717) is 10.6 Å². The molecule has 2 aromatic heterocycles. The predicted molar refractivity (Wildman–Crippen MR) is 160 cm³/mol. The van der Waals surface area contributed by atoms with Gasteiger partial charge in [-0.3, -0.25) is 5.10 Å². The van der Waals surface area contributed by atoms with Crippen molar-refractivity contribution in [1.29, 1.82) is 0 Å². The second kappa shape index (κ2) is 10.8. The Kier molecular flexibility index (Phi) is 7.24. The van der Waals surface area contributed by atoms with Crippen LogP contribution in [-0.4, -0.2) is 61.0 Å². The van der Waals surface area contributed by atoms with Crippen molar-refractivity contribution in [2.45, 2.75) is 12.3 Å². The van der Waals surface area contributed by atoms with E-state index >= 15 is 0 Å². The number of H-pyrrole nitrogens is 1. The molecule has 0 atom stereocenters. The molecule has 10 heteroatoms. The number of hydrogen-bond donors (Lipinski definition) is 1. The molecule has 0 spiro atoms. The van der Waals surface area contributed by atoms with Gasteiger partial charge in [-0.25, -0.2) is 23.2 Å². The second-order valence-corrected chi connectivity index (χ2v) is 11.5. The topological polar surface area (TPSA) is 99.4 Å². The van der Waals surface area contributed by atoms with E-state index < -0.39 is 9.84 Å². The van der Waals surface area contributed by atoms with Crippen molar-refractivity contribution >= 4 is 37.9 Å². The first-order valence-corrected chi connectivity index (χ1v) is 14.4. The normalized spacial score (nSPS) is 13.6. The summed E-state index contributed by atoms with van der Waals surface area (Å²) in [5, 5.41) is 8.34. The van der Waals surface area contributed by atoms with Gasteiger partial charge in [-0.2, -0.15) is 5.10 Å². The first-order chi connectivity index (χ1) is 18.9. The van der Waals surface area contributed by atoms with Crippen molar-refractivity contribution < 1.29 is 8.42 Å². The molecule has 0 amide bonds. The average Bonchev–Trinajstić information content (AvgIpc) is 3.47. The summed E-state index contributed by atoms with van der Waals surface area (Å²) in [4.78, 5) is 17.5. The number of anilines is 2. The number of sulfone groups is 1. The Morgan fingerprint density at radius 1 is 0.900 bits per heavy atom. The number of aromatic amines is 1. The number of rotatable bonds is 5. The summed E-state index contributed by atoms with van der Waals surface area (Å²) in [5.74, 6) is 0.867. The highest BCUT2D eigenvalue weighted by molar-refractivity contribution is 7.90. The third-order valence-electron chi connectivity index (χ3n) is 7.02. The van der Waals surface area contributed by atoms with Crippen molar-refractivity contribution in [3.63, 3.8) is 0 Å². The van der Waals surface area contributed by atoms with Crippen molar-refractivity contribution in [2.75, 3.05) is 42.2 Å². The molecule has 0 aliphatic carbocycles. The molecule has 0 bridgehead atoms. The van der Waals surface area contributed by atoms with Gasteiger partial charge in [0, 0.05) is 49.1 Å². The average molecular weight is 552 g/mol. The third-order valence-corrected chi connectivity index (χ3v) is 8.13. The first-order valence-electron chi connectivity index (χ1n) is 12.5. The highest BCUT2D eigenvalue weighted by Gasteiger charge is 2.22. The van der Waals surface area contributed by atoms with Gasteiger partial charge < -0.3 is 9.80 Å². The van der Waals surface area contributed by atoms with E-state index in [1.165, 1.54) is 6.26 Å². The minimum absolute atomic E-state index is 0. The van der Waals surface area contributed by atoms with Crippen molar-refractivity contribution in [1.82, 2.24) is 20.2 Å². The number of piperazine rings is 1. The summed E-state index contributed by atoms with van der Waals surface area (Å²) in [7, 11) is -3.26. The Balaban J connectivity index is 0.00000323. The van der Waals surface area contributed by atoms with Crippen LogP contribution >= 0.6 is 0 Å². The first kappa shape index (κ1) is 26.8. The second-order valence-electron chi connectivity index (χ2n) is 9.49. The standard InChI is InChI=1S/C29H25N7O2S.CH4/c1-30-22-6-3-5-21(15-22)28-26(18-33-34-28)20-9-10-27-25(16-20)29(32-19-31-27)36-13-11-35(12-14-36)23-7-4-8-24(17-23)39(2,37)38;/h3-10,15-19H,11-14H2,2H3,(H,33,34);1H4. The molecule has 1 fully saturated rings. The van der Waals surface area contributed by atoms with E-state index in [2.05, 4.69) is 40.9 Å². The van der Waals surface area contributed by atoms with E-state index in [4.69, 9.17) is 6.57 Å². The van der Waals surface area contributed by atoms with Crippen molar-refractivity contribution in [3.05, 3.63) is 90.7 Å². The fourth-order valence-corrected chi connectivity index (χ4v) is 5.67. The van der Waals surface area contributed by atoms with Crippen LogP contribution in [0.15, 0.2) is 84.1 Å². The number of benzene rings is 3. The molecule has 6 rings (SSSR count). The fraction of sp³-hybridized carbons (Fsp3) is 0.200. The number of aromatic nitrogens is 4. The zero-order valence-corrected chi connectivity index (χ0v) is 22.1. The summed E-state index contributed by atoms with van der Waals surface area (Å²) in [6, 6.07) is 20.7. The van der Waals surface area contributed by atoms with Crippen LogP contribution < -0.4 is 9.80 Å². The van der Waals surface area contributed by atoms with Gasteiger partial charge in [-0.1, -0.05) is 37.8 Å². The maximum atomic E-state index is 12.0. The summed E-state index contributed by atoms with van der Waals surface area (Å²) in [5.41, 5.74) is 6.00. The Labute approximate surface area is 233 Å². The van der Waals surface area contributed by atoms with Gasteiger partial charge in [0.2, 0.25) is 0 Å². The van der Waals surface area contributed by atoms with Gasteiger partial charge in [-0.15, -0.1) is 0 Å². The summed E-state index contributed by atoms with van der Waals surface area (Å²) >= 11 is 0. The molecule has 1 saturated heterocycles. The van der Waals surface area contributed by atoms with Gasteiger partial charge >= 0.3 is 0 Å². The summed E-state index contributed by atoms with van der Waals surface area (Å²) in [6.07, 6.45) is 4.63. The SMILES string of the molecule is C.[C-]#[N+]c1cccc(-c2[nH]ncc2-c2ccc3ncnc(N4CCN(c5cccc(S(C)(=O)=O)c5)CC4)c3c2)c1. The van der Waals surface area contributed by atoms with Crippen LogP contribution in [0.2, 0.25) is 0 Å². The molecule has 0 radical (unpaired) electrons.